The smallest absolute Gasteiger partial charge is 0.339 e. The number of carbonyl (C=O) groups excluding carboxylic acids is 1. The Kier molecular flexibility index (Phi) is 4.70. The molecule has 3 rings (SSSR count). The Hall–Kier alpha value is -1.83. The van der Waals surface area contributed by atoms with Crippen LogP contribution in [0.3, 0.4) is 0 Å². The predicted octanol–water partition coefficient (Wildman–Crippen LogP) is 5.46. The Balaban J connectivity index is 1.84. The summed E-state index contributed by atoms with van der Waals surface area (Å²) in [5, 5.41) is 2.06. The standard InChI is InChI=1S/C21H26O2/c1-14(2)17-12-11-15(3)13-20(17)23-21(22)19-10-6-8-16-7-4-5-9-18(16)19/h4-10,14-15,17,20H,11-13H2,1-3H3/t15-,17+,20-/m1/s1. The molecule has 0 aliphatic heterocycles. The van der Waals surface area contributed by atoms with Crippen molar-refractivity contribution in [3.63, 3.8) is 0 Å². The Bertz CT molecular complexity index is 684. The van der Waals surface area contributed by atoms with E-state index in [9.17, 15) is 4.79 Å². The summed E-state index contributed by atoms with van der Waals surface area (Å²) in [6, 6.07) is 13.8. The largest absolute Gasteiger partial charge is 0.458 e. The number of hydrogen-bond acceptors (Lipinski definition) is 2. The zero-order valence-electron chi connectivity index (χ0n) is 14.3. The third-order valence-corrected chi connectivity index (χ3v) is 5.23. The van der Waals surface area contributed by atoms with E-state index in [4.69, 9.17) is 4.74 Å². The maximum atomic E-state index is 12.8. The molecule has 1 aliphatic carbocycles. The van der Waals surface area contributed by atoms with Gasteiger partial charge in [-0.3, -0.25) is 0 Å². The summed E-state index contributed by atoms with van der Waals surface area (Å²) in [7, 11) is 0. The van der Waals surface area contributed by atoms with Crippen molar-refractivity contribution in [1.82, 2.24) is 0 Å². The molecule has 1 aliphatic rings. The third-order valence-electron chi connectivity index (χ3n) is 5.23. The van der Waals surface area contributed by atoms with Crippen LogP contribution in [0.2, 0.25) is 0 Å². The maximum absolute atomic E-state index is 12.8. The van der Waals surface area contributed by atoms with Gasteiger partial charge in [0.15, 0.2) is 0 Å². The Morgan fingerprint density at radius 2 is 1.83 bits per heavy atom. The highest BCUT2D eigenvalue weighted by Gasteiger charge is 2.33. The first kappa shape index (κ1) is 16.0. The molecule has 0 saturated heterocycles. The summed E-state index contributed by atoms with van der Waals surface area (Å²) in [6.07, 6.45) is 3.43. The molecule has 0 heterocycles. The SMILES string of the molecule is CC(C)[C@@H]1CC[C@@H](C)C[C@H]1OC(=O)c1cccc2ccccc12. The summed E-state index contributed by atoms with van der Waals surface area (Å²) >= 11 is 0. The average molecular weight is 310 g/mol. The van der Waals surface area contributed by atoms with Crippen molar-refractivity contribution in [2.24, 2.45) is 17.8 Å². The van der Waals surface area contributed by atoms with Gasteiger partial charge in [0.05, 0.1) is 5.56 Å². The molecule has 0 bridgehead atoms. The van der Waals surface area contributed by atoms with Crippen LogP contribution in [-0.4, -0.2) is 12.1 Å². The zero-order chi connectivity index (χ0) is 16.4. The lowest BCUT2D eigenvalue weighted by Gasteiger charge is -2.36. The van der Waals surface area contributed by atoms with Gasteiger partial charge in [0.25, 0.3) is 0 Å². The van der Waals surface area contributed by atoms with E-state index in [0.717, 1.165) is 23.6 Å². The quantitative estimate of drug-likeness (QED) is 0.704. The van der Waals surface area contributed by atoms with Gasteiger partial charge < -0.3 is 4.74 Å². The first-order chi connectivity index (χ1) is 11.1. The van der Waals surface area contributed by atoms with Crippen molar-refractivity contribution in [3.05, 3.63) is 48.0 Å². The minimum Gasteiger partial charge on any atom is -0.458 e. The Morgan fingerprint density at radius 3 is 2.61 bits per heavy atom. The van der Waals surface area contributed by atoms with Crippen LogP contribution < -0.4 is 0 Å². The molecular formula is C21H26O2. The molecule has 0 N–H and O–H groups in total. The first-order valence-electron chi connectivity index (χ1n) is 8.75. The minimum atomic E-state index is -0.174. The molecule has 2 aromatic carbocycles. The van der Waals surface area contributed by atoms with E-state index in [1.807, 2.05) is 42.5 Å². The molecule has 2 nitrogen and oxygen atoms in total. The van der Waals surface area contributed by atoms with E-state index < -0.39 is 0 Å². The normalized spacial score (nSPS) is 24.8. The molecule has 3 atom stereocenters. The highest BCUT2D eigenvalue weighted by molar-refractivity contribution is 6.04. The van der Waals surface area contributed by atoms with Crippen molar-refractivity contribution in [3.8, 4) is 0 Å². The van der Waals surface area contributed by atoms with E-state index >= 15 is 0 Å². The van der Waals surface area contributed by atoms with Gasteiger partial charge in [-0.2, -0.15) is 0 Å². The summed E-state index contributed by atoms with van der Waals surface area (Å²) in [4.78, 5) is 12.8. The highest BCUT2D eigenvalue weighted by atomic mass is 16.5. The van der Waals surface area contributed by atoms with Gasteiger partial charge in [0, 0.05) is 0 Å². The van der Waals surface area contributed by atoms with Gasteiger partial charge in [0.2, 0.25) is 0 Å². The van der Waals surface area contributed by atoms with Gasteiger partial charge in [0.1, 0.15) is 6.10 Å². The molecule has 0 radical (unpaired) electrons. The second kappa shape index (κ2) is 6.74. The highest BCUT2D eigenvalue weighted by Crippen LogP contribution is 2.36. The van der Waals surface area contributed by atoms with Crippen molar-refractivity contribution >= 4 is 16.7 Å². The summed E-state index contributed by atoms with van der Waals surface area (Å²) in [5.74, 6) is 1.49. The van der Waals surface area contributed by atoms with E-state index in [2.05, 4.69) is 20.8 Å². The van der Waals surface area contributed by atoms with Crippen LogP contribution >= 0.6 is 0 Å². The van der Waals surface area contributed by atoms with Gasteiger partial charge in [-0.25, -0.2) is 4.79 Å². The molecule has 2 heteroatoms. The number of benzene rings is 2. The second-order valence-electron chi connectivity index (χ2n) is 7.30. The molecule has 2 aromatic rings. The number of fused-ring (bicyclic) bond motifs is 1. The fourth-order valence-corrected chi connectivity index (χ4v) is 3.85. The molecule has 0 unspecified atom stereocenters. The topological polar surface area (TPSA) is 26.3 Å². The third kappa shape index (κ3) is 3.41. The van der Waals surface area contributed by atoms with Gasteiger partial charge in [-0.15, -0.1) is 0 Å². The van der Waals surface area contributed by atoms with Crippen molar-refractivity contribution < 1.29 is 9.53 Å². The molecule has 23 heavy (non-hydrogen) atoms. The lowest BCUT2D eigenvalue weighted by molar-refractivity contribution is -0.0172. The van der Waals surface area contributed by atoms with Gasteiger partial charge in [-0.05, 0) is 47.4 Å². The summed E-state index contributed by atoms with van der Waals surface area (Å²) in [6.45, 7) is 6.73. The van der Waals surface area contributed by atoms with Gasteiger partial charge in [-0.1, -0.05) is 63.6 Å². The monoisotopic (exact) mass is 310 g/mol. The maximum Gasteiger partial charge on any atom is 0.339 e. The minimum absolute atomic E-state index is 0.0465. The van der Waals surface area contributed by atoms with Crippen LogP contribution in [0, 0.1) is 17.8 Å². The predicted molar refractivity (Wildman–Crippen MR) is 94.5 cm³/mol. The van der Waals surface area contributed by atoms with Gasteiger partial charge >= 0.3 is 5.97 Å². The number of rotatable bonds is 3. The molecule has 0 spiro atoms. The summed E-state index contributed by atoms with van der Waals surface area (Å²) < 4.78 is 5.99. The molecule has 1 fully saturated rings. The zero-order valence-corrected chi connectivity index (χ0v) is 14.3. The fourth-order valence-electron chi connectivity index (χ4n) is 3.85. The van der Waals surface area contributed by atoms with E-state index in [1.165, 1.54) is 6.42 Å². The van der Waals surface area contributed by atoms with Crippen LogP contribution in [0.4, 0.5) is 0 Å². The van der Waals surface area contributed by atoms with E-state index in [0.29, 0.717) is 23.3 Å². The lowest BCUT2D eigenvalue weighted by Crippen LogP contribution is -2.35. The number of hydrogen-bond donors (Lipinski definition) is 0. The average Bonchev–Trinajstić information content (AvgIpc) is 2.54. The fraction of sp³-hybridized carbons (Fsp3) is 0.476. The van der Waals surface area contributed by atoms with Crippen LogP contribution in [0.1, 0.15) is 50.4 Å². The summed E-state index contributed by atoms with van der Waals surface area (Å²) in [5.41, 5.74) is 0.684. The van der Waals surface area contributed by atoms with Crippen molar-refractivity contribution in [2.45, 2.75) is 46.1 Å². The van der Waals surface area contributed by atoms with E-state index in [-0.39, 0.29) is 12.1 Å². The molecule has 0 aromatic heterocycles. The van der Waals surface area contributed by atoms with Crippen LogP contribution in [0.15, 0.2) is 42.5 Å². The second-order valence-corrected chi connectivity index (χ2v) is 7.30. The van der Waals surface area contributed by atoms with Crippen molar-refractivity contribution in [1.29, 1.82) is 0 Å². The number of carbonyl (C=O) groups is 1. The number of esters is 1. The lowest BCUT2D eigenvalue weighted by atomic mass is 9.75. The van der Waals surface area contributed by atoms with Crippen molar-refractivity contribution in [2.75, 3.05) is 0 Å². The molecule has 1 saturated carbocycles. The van der Waals surface area contributed by atoms with Crippen LogP contribution in [0.5, 0.6) is 0 Å². The van der Waals surface area contributed by atoms with Crippen LogP contribution in [0.25, 0.3) is 10.8 Å². The number of ether oxygens (including phenoxy) is 1. The molecule has 122 valence electrons. The molecular weight excluding hydrogens is 284 g/mol. The first-order valence-corrected chi connectivity index (χ1v) is 8.75. The van der Waals surface area contributed by atoms with Crippen LogP contribution in [-0.2, 0) is 4.74 Å². The Labute approximate surface area is 138 Å². The molecule has 0 amide bonds. The Morgan fingerprint density at radius 1 is 1.09 bits per heavy atom. The van der Waals surface area contributed by atoms with E-state index in [1.54, 1.807) is 0 Å².